The molecule has 5 heteroatoms. The molecule has 1 aliphatic carbocycles. The maximum Gasteiger partial charge on any atom is 0.220 e. The van der Waals surface area contributed by atoms with E-state index in [1.54, 1.807) is 11.3 Å². The Morgan fingerprint density at radius 1 is 1.45 bits per heavy atom. The van der Waals surface area contributed by atoms with Crippen LogP contribution in [0, 0.1) is 5.92 Å². The van der Waals surface area contributed by atoms with Gasteiger partial charge in [0.25, 0.3) is 0 Å². The summed E-state index contributed by atoms with van der Waals surface area (Å²) in [4.78, 5) is 15.9. The van der Waals surface area contributed by atoms with Gasteiger partial charge in [0.1, 0.15) is 0 Å². The molecule has 0 bridgehead atoms. The van der Waals surface area contributed by atoms with Crippen molar-refractivity contribution in [3.8, 4) is 0 Å². The van der Waals surface area contributed by atoms with Crippen molar-refractivity contribution in [3.05, 3.63) is 34.5 Å². The molecule has 0 spiro atoms. The molecule has 1 aromatic heterocycles. The maximum absolute atomic E-state index is 12.2. The van der Waals surface area contributed by atoms with Gasteiger partial charge >= 0.3 is 0 Å². The molecule has 1 N–H and O–H groups in total. The monoisotopic (exact) mass is 320 g/mol. The summed E-state index contributed by atoms with van der Waals surface area (Å²) in [6.45, 7) is 4.12. The summed E-state index contributed by atoms with van der Waals surface area (Å²) in [6.07, 6.45) is 7.21. The second-order valence-electron chi connectivity index (χ2n) is 5.95. The number of morpholine rings is 1. The standard InChI is InChI=1S/C17H24N2O2S/c20-17(12-14-4-1-2-5-14)18-13-15(16-6-3-11-22-16)19-7-9-21-10-8-19/h1,3-4,6,11,14-15H,2,5,7-10,12-13H2,(H,18,20)/t14-,15-/m1/s1. The van der Waals surface area contributed by atoms with Crippen molar-refractivity contribution in [1.82, 2.24) is 10.2 Å². The van der Waals surface area contributed by atoms with Crippen LogP contribution in [0.15, 0.2) is 29.7 Å². The van der Waals surface area contributed by atoms with E-state index in [2.05, 4.69) is 39.9 Å². The molecule has 22 heavy (non-hydrogen) atoms. The fraction of sp³-hybridized carbons (Fsp3) is 0.588. The third-order valence-corrected chi connectivity index (χ3v) is 5.38. The Morgan fingerprint density at radius 2 is 2.32 bits per heavy atom. The van der Waals surface area contributed by atoms with Crippen molar-refractivity contribution in [2.45, 2.75) is 25.3 Å². The Bertz CT molecular complexity index is 495. The summed E-state index contributed by atoms with van der Waals surface area (Å²) < 4.78 is 5.45. The molecule has 1 amide bonds. The van der Waals surface area contributed by atoms with E-state index in [9.17, 15) is 4.79 Å². The molecule has 1 fully saturated rings. The van der Waals surface area contributed by atoms with Gasteiger partial charge in [-0.2, -0.15) is 0 Å². The van der Waals surface area contributed by atoms with Crippen molar-refractivity contribution in [2.24, 2.45) is 5.92 Å². The fourth-order valence-corrected chi connectivity index (χ4v) is 4.03. The lowest BCUT2D eigenvalue weighted by atomic mass is 10.0. The summed E-state index contributed by atoms with van der Waals surface area (Å²) in [5.41, 5.74) is 0. The average Bonchev–Trinajstić information content (AvgIpc) is 3.22. The van der Waals surface area contributed by atoms with Gasteiger partial charge in [0.05, 0.1) is 19.3 Å². The van der Waals surface area contributed by atoms with E-state index in [0.717, 1.165) is 39.1 Å². The van der Waals surface area contributed by atoms with Crippen LogP contribution in [0.4, 0.5) is 0 Å². The molecular formula is C17H24N2O2S. The number of allylic oxidation sites excluding steroid dienone is 2. The zero-order chi connectivity index (χ0) is 15.2. The number of ether oxygens (including phenoxy) is 1. The number of nitrogens with zero attached hydrogens (tertiary/aromatic N) is 1. The first kappa shape index (κ1) is 15.7. The SMILES string of the molecule is O=C(C[C@@H]1C=CCC1)NC[C@H](c1cccs1)N1CCOCC1. The third kappa shape index (κ3) is 4.18. The zero-order valence-electron chi connectivity index (χ0n) is 12.9. The first-order valence-electron chi connectivity index (χ1n) is 8.11. The molecule has 1 aromatic rings. The molecule has 0 aromatic carbocycles. The van der Waals surface area contributed by atoms with Crippen LogP contribution in [0.2, 0.25) is 0 Å². The van der Waals surface area contributed by atoms with Crippen LogP contribution in [0.3, 0.4) is 0 Å². The molecule has 0 unspecified atom stereocenters. The Balaban J connectivity index is 1.55. The van der Waals surface area contributed by atoms with Crippen LogP contribution in [0.25, 0.3) is 0 Å². The van der Waals surface area contributed by atoms with E-state index in [1.807, 2.05) is 0 Å². The molecule has 2 aliphatic rings. The number of carbonyl (C=O) groups is 1. The van der Waals surface area contributed by atoms with E-state index in [-0.39, 0.29) is 11.9 Å². The zero-order valence-corrected chi connectivity index (χ0v) is 13.7. The number of amides is 1. The van der Waals surface area contributed by atoms with Gasteiger partial charge in [-0.05, 0) is 30.2 Å². The highest BCUT2D eigenvalue weighted by Gasteiger charge is 2.24. The summed E-state index contributed by atoms with van der Waals surface area (Å²) in [5, 5.41) is 5.25. The predicted molar refractivity (Wildman–Crippen MR) is 88.9 cm³/mol. The largest absolute Gasteiger partial charge is 0.379 e. The number of nitrogens with one attached hydrogen (secondary N) is 1. The predicted octanol–water partition coefficient (Wildman–Crippen LogP) is 2.59. The van der Waals surface area contributed by atoms with Crippen LogP contribution >= 0.6 is 11.3 Å². The van der Waals surface area contributed by atoms with Gasteiger partial charge in [0.15, 0.2) is 0 Å². The van der Waals surface area contributed by atoms with Crippen molar-refractivity contribution >= 4 is 17.2 Å². The van der Waals surface area contributed by atoms with E-state index in [0.29, 0.717) is 18.9 Å². The van der Waals surface area contributed by atoms with Crippen LogP contribution in [0.5, 0.6) is 0 Å². The minimum atomic E-state index is 0.173. The van der Waals surface area contributed by atoms with Crippen LogP contribution in [0.1, 0.15) is 30.2 Å². The van der Waals surface area contributed by atoms with Gasteiger partial charge in [0, 0.05) is 30.9 Å². The van der Waals surface area contributed by atoms with Gasteiger partial charge < -0.3 is 10.1 Å². The lowest BCUT2D eigenvalue weighted by Crippen LogP contribution is -2.43. The van der Waals surface area contributed by atoms with E-state index < -0.39 is 0 Å². The topological polar surface area (TPSA) is 41.6 Å². The minimum Gasteiger partial charge on any atom is -0.379 e. The highest BCUT2D eigenvalue weighted by atomic mass is 32.1. The first-order valence-corrected chi connectivity index (χ1v) is 8.99. The van der Waals surface area contributed by atoms with E-state index in [1.165, 1.54) is 4.88 Å². The highest BCUT2D eigenvalue weighted by Crippen LogP contribution is 2.26. The van der Waals surface area contributed by atoms with Gasteiger partial charge in [-0.25, -0.2) is 0 Å². The molecule has 2 atom stereocenters. The van der Waals surface area contributed by atoms with Crippen LogP contribution in [-0.2, 0) is 9.53 Å². The van der Waals surface area contributed by atoms with Crippen molar-refractivity contribution in [3.63, 3.8) is 0 Å². The Kier molecular flexibility index (Phi) is 5.64. The summed E-state index contributed by atoms with van der Waals surface area (Å²) in [6, 6.07) is 4.52. The summed E-state index contributed by atoms with van der Waals surface area (Å²) in [7, 11) is 0. The normalized spacial score (nSPS) is 23.5. The van der Waals surface area contributed by atoms with E-state index >= 15 is 0 Å². The first-order chi connectivity index (χ1) is 10.8. The third-order valence-electron chi connectivity index (χ3n) is 4.41. The average molecular weight is 320 g/mol. The quantitative estimate of drug-likeness (QED) is 0.819. The fourth-order valence-electron chi connectivity index (χ4n) is 3.17. The van der Waals surface area contributed by atoms with Crippen LogP contribution < -0.4 is 5.32 Å². The lowest BCUT2D eigenvalue weighted by molar-refractivity contribution is -0.122. The number of rotatable bonds is 6. The lowest BCUT2D eigenvalue weighted by Gasteiger charge is -2.34. The molecule has 4 nitrogen and oxygen atoms in total. The molecule has 120 valence electrons. The Morgan fingerprint density at radius 3 is 3.00 bits per heavy atom. The number of thiophene rings is 1. The van der Waals surface area contributed by atoms with Crippen LogP contribution in [-0.4, -0.2) is 43.7 Å². The second-order valence-corrected chi connectivity index (χ2v) is 6.93. The van der Waals surface area contributed by atoms with Crippen molar-refractivity contribution in [2.75, 3.05) is 32.8 Å². The maximum atomic E-state index is 12.2. The van der Waals surface area contributed by atoms with Gasteiger partial charge in [-0.1, -0.05) is 18.2 Å². The summed E-state index contributed by atoms with van der Waals surface area (Å²) in [5.74, 6) is 0.606. The number of carbonyl (C=O) groups excluding carboxylic acids is 1. The van der Waals surface area contributed by atoms with Crippen molar-refractivity contribution < 1.29 is 9.53 Å². The molecule has 2 heterocycles. The van der Waals surface area contributed by atoms with Gasteiger partial charge in [0.2, 0.25) is 5.91 Å². The molecule has 0 saturated carbocycles. The summed E-state index contributed by atoms with van der Waals surface area (Å²) >= 11 is 1.76. The highest BCUT2D eigenvalue weighted by molar-refractivity contribution is 7.10. The number of hydrogen-bond donors (Lipinski definition) is 1. The van der Waals surface area contributed by atoms with Gasteiger partial charge in [-0.3, -0.25) is 9.69 Å². The molecular weight excluding hydrogens is 296 g/mol. The van der Waals surface area contributed by atoms with Crippen molar-refractivity contribution in [1.29, 1.82) is 0 Å². The molecule has 1 saturated heterocycles. The van der Waals surface area contributed by atoms with Gasteiger partial charge in [-0.15, -0.1) is 11.3 Å². The minimum absolute atomic E-state index is 0.173. The smallest absolute Gasteiger partial charge is 0.220 e. The molecule has 3 rings (SSSR count). The second kappa shape index (κ2) is 7.90. The number of hydrogen-bond acceptors (Lipinski definition) is 4. The Labute approximate surface area is 136 Å². The Hall–Kier alpha value is -1.17. The van der Waals surface area contributed by atoms with E-state index in [4.69, 9.17) is 4.74 Å². The molecule has 0 radical (unpaired) electrons. The molecule has 1 aliphatic heterocycles.